The Morgan fingerprint density at radius 1 is 1.64 bits per heavy atom. The smallest absolute Gasteiger partial charge is 0.147 e. The monoisotopic (exact) mass is 260 g/mol. The molecule has 0 bridgehead atoms. The molecular formula is C9H10BrFN2O. The first-order valence-corrected chi connectivity index (χ1v) is 5.19. The maximum Gasteiger partial charge on any atom is 0.147 e. The van der Waals surface area contributed by atoms with Crippen LogP contribution in [0.2, 0.25) is 0 Å². The lowest BCUT2D eigenvalue weighted by atomic mass is 10.2. The fourth-order valence-corrected chi connectivity index (χ4v) is 1.73. The standard InChI is InChI=1S/C9H10BrFN2O/c10-6-3-7(11)9(13-4-6)8-5-14-2-1-12-8/h3-4,8,12H,1-2,5H2/t8-/m0/s1. The lowest BCUT2D eigenvalue weighted by Gasteiger charge is -2.23. The molecule has 2 heterocycles. The summed E-state index contributed by atoms with van der Waals surface area (Å²) < 4.78 is 19.3. The number of rotatable bonds is 1. The molecule has 3 nitrogen and oxygen atoms in total. The molecule has 1 saturated heterocycles. The molecule has 1 fully saturated rings. The van der Waals surface area contributed by atoms with E-state index in [2.05, 4.69) is 26.2 Å². The van der Waals surface area contributed by atoms with Crippen molar-refractivity contribution in [1.29, 1.82) is 0 Å². The highest BCUT2D eigenvalue weighted by Gasteiger charge is 2.19. The average Bonchev–Trinajstić information content (AvgIpc) is 2.19. The molecule has 1 aromatic rings. The summed E-state index contributed by atoms with van der Waals surface area (Å²) in [5, 5.41) is 3.15. The van der Waals surface area contributed by atoms with Crippen LogP contribution in [0.15, 0.2) is 16.7 Å². The Kier molecular flexibility index (Phi) is 3.10. The van der Waals surface area contributed by atoms with Crippen molar-refractivity contribution in [2.45, 2.75) is 6.04 Å². The van der Waals surface area contributed by atoms with Crippen molar-refractivity contribution in [3.05, 3.63) is 28.2 Å². The van der Waals surface area contributed by atoms with E-state index in [1.807, 2.05) is 0 Å². The summed E-state index contributed by atoms with van der Waals surface area (Å²) in [5.41, 5.74) is 0.424. The lowest BCUT2D eigenvalue weighted by molar-refractivity contribution is 0.0743. The molecule has 0 aromatic carbocycles. The number of halogens is 2. The number of nitrogens with one attached hydrogen (secondary N) is 1. The molecule has 1 aliphatic rings. The van der Waals surface area contributed by atoms with E-state index in [-0.39, 0.29) is 11.9 Å². The van der Waals surface area contributed by atoms with Gasteiger partial charge < -0.3 is 10.1 Å². The zero-order chi connectivity index (χ0) is 9.97. The molecule has 0 spiro atoms. The third kappa shape index (κ3) is 2.10. The van der Waals surface area contributed by atoms with Gasteiger partial charge >= 0.3 is 0 Å². The Balaban J connectivity index is 2.22. The van der Waals surface area contributed by atoms with Gasteiger partial charge in [-0.25, -0.2) is 4.39 Å². The van der Waals surface area contributed by atoms with Crippen LogP contribution in [0.25, 0.3) is 0 Å². The summed E-state index contributed by atoms with van der Waals surface area (Å²) in [6.45, 7) is 1.89. The van der Waals surface area contributed by atoms with Gasteiger partial charge in [-0.3, -0.25) is 4.98 Å². The summed E-state index contributed by atoms with van der Waals surface area (Å²) in [6.07, 6.45) is 1.59. The van der Waals surface area contributed by atoms with Crippen LogP contribution in [0.3, 0.4) is 0 Å². The molecule has 1 N–H and O–H groups in total. The first-order chi connectivity index (χ1) is 6.77. The van der Waals surface area contributed by atoms with Crippen molar-refractivity contribution >= 4 is 15.9 Å². The van der Waals surface area contributed by atoms with Crippen molar-refractivity contribution in [2.24, 2.45) is 0 Å². The summed E-state index contributed by atoms with van der Waals surface area (Å²) in [7, 11) is 0. The largest absolute Gasteiger partial charge is 0.378 e. The van der Waals surface area contributed by atoms with Crippen LogP contribution >= 0.6 is 15.9 Å². The fourth-order valence-electron chi connectivity index (χ4n) is 1.42. The third-order valence-electron chi connectivity index (χ3n) is 2.09. The van der Waals surface area contributed by atoms with Crippen LogP contribution in [0.5, 0.6) is 0 Å². The number of pyridine rings is 1. The van der Waals surface area contributed by atoms with E-state index in [1.54, 1.807) is 6.20 Å². The normalized spacial score (nSPS) is 22.3. The second-order valence-electron chi connectivity index (χ2n) is 3.10. The lowest BCUT2D eigenvalue weighted by Crippen LogP contribution is -2.35. The molecule has 0 saturated carbocycles. The summed E-state index contributed by atoms with van der Waals surface area (Å²) in [5.74, 6) is -0.303. The molecule has 14 heavy (non-hydrogen) atoms. The second kappa shape index (κ2) is 4.33. The fraction of sp³-hybridized carbons (Fsp3) is 0.444. The molecule has 0 aliphatic carbocycles. The first-order valence-electron chi connectivity index (χ1n) is 4.39. The molecule has 1 aliphatic heterocycles. The molecule has 2 rings (SSSR count). The Bertz CT molecular complexity index is 329. The minimum Gasteiger partial charge on any atom is -0.378 e. The number of aromatic nitrogens is 1. The number of morpholine rings is 1. The van der Waals surface area contributed by atoms with Crippen molar-refractivity contribution < 1.29 is 9.13 Å². The maximum absolute atomic E-state index is 13.4. The van der Waals surface area contributed by atoms with Gasteiger partial charge in [-0.2, -0.15) is 0 Å². The number of nitrogens with zero attached hydrogens (tertiary/aromatic N) is 1. The SMILES string of the molecule is Fc1cc(Br)cnc1[C@@H]1COCCN1. The average molecular weight is 261 g/mol. The van der Waals surface area contributed by atoms with Gasteiger partial charge in [-0.05, 0) is 22.0 Å². The Labute approximate surface area is 89.8 Å². The highest BCUT2D eigenvalue weighted by molar-refractivity contribution is 9.10. The van der Waals surface area contributed by atoms with E-state index in [1.165, 1.54) is 6.07 Å². The first kappa shape index (κ1) is 10.0. The van der Waals surface area contributed by atoms with Gasteiger partial charge in [0.1, 0.15) is 5.82 Å². The van der Waals surface area contributed by atoms with Crippen LogP contribution in [0.1, 0.15) is 11.7 Å². The summed E-state index contributed by atoms with van der Waals surface area (Å²) in [6, 6.07) is 1.29. The number of ether oxygens (including phenoxy) is 1. The molecule has 76 valence electrons. The van der Waals surface area contributed by atoms with Crippen LogP contribution in [0, 0.1) is 5.82 Å². The molecule has 0 radical (unpaired) electrons. The van der Waals surface area contributed by atoms with Crippen LogP contribution in [-0.4, -0.2) is 24.7 Å². The minimum absolute atomic E-state index is 0.128. The molecule has 5 heteroatoms. The second-order valence-corrected chi connectivity index (χ2v) is 4.02. The van der Waals surface area contributed by atoms with E-state index in [0.29, 0.717) is 23.4 Å². The third-order valence-corrected chi connectivity index (χ3v) is 2.52. The molecule has 0 unspecified atom stereocenters. The van der Waals surface area contributed by atoms with Crippen molar-refractivity contribution in [3.8, 4) is 0 Å². The van der Waals surface area contributed by atoms with E-state index < -0.39 is 0 Å². The van der Waals surface area contributed by atoms with Gasteiger partial charge in [0.15, 0.2) is 0 Å². The van der Waals surface area contributed by atoms with Crippen molar-refractivity contribution in [1.82, 2.24) is 10.3 Å². The number of hydrogen-bond acceptors (Lipinski definition) is 3. The van der Waals surface area contributed by atoms with Crippen LogP contribution in [0.4, 0.5) is 4.39 Å². The van der Waals surface area contributed by atoms with E-state index in [4.69, 9.17) is 4.74 Å². The van der Waals surface area contributed by atoms with Crippen LogP contribution < -0.4 is 5.32 Å². The highest BCUT2D eigenvalue weighted by atomic mass is 79.9. The van der Waals surface area contributed by atoms with Gasteiger partial charge in [0.2, 0.25) is 0 Å². The van der Waals surface area contributed by atoms with Crippen LogP contribution in [-0.2, 0) is 4.74 Å². The Morgan fingerprint density at radius 3 is 3.14 bits per heavy atom. The number of hydrogen-bond donors (Lipinski definition) is 1. The molecular weight excluding hydrogens is 251 g/mol. The van der Waals surface area contributed by atoms with E-state index in [9.17, 15) is 4.39 Å². The van der Waals surface area contributed by atoms with Gasteiger partial charge in [-0.1, -0.05) is 0 Å². The van der Waals surface area contributed by atoms with Gasteiger partial charge in [-0.15, -0.1) is 0 Å². The quantitative estimate of drug-likeness (QED) is 0.834. The van der Waals surface area contributed by atoms with E-state index >= 15 is 0 Å². The Morgan fingerprint density at radius 2 is 2.50 bits per heavy atom. The molecule has 1 atom stereocenters. The summed E-state index contributed by atoms with van der Waals surface area (Å²) >= 11 is 3.17. The van der Waals surface area contributed by atoms with Gasteiger partial charge in [0, 0.05) is 17.2 Å². The van der Waals surface area contributed by atoms with Gasteiger partial charge in [0.25, 0.3) is 0 Å². The minimum atomic E-state index is -0.303. The zero-order valence-corrected chi connectivity index (χ0v) is 9.05. The molecule has 1 aromatic heterocycles. The maximum atomic E-state index is 13.4. The predicted octanol–water partition coefficient (Wildman–Crippen LogP) is 1.64. The van der Waals surface area contributed by atoms with E-state index in [0.717, 1.165) is 6.54 Å². The molecule has 0 amide bonds. The zero-order valence-electron chi connectivity index (χ0n) is 7.46. The van der Waals surface area contributed by atoms with Crippen molar-refractivity contribution in [3.63, 3.8) is 0 Å². The van der Waals surface area contributed by atoms with Gasteiger partial charge in [0.05, 0.1) is 24.9 Å². The Hall–Kier alpha value is -0.520. The topological polar surface area (TPSA) is 34.1 Å². The van der Waals surface area contributed by atoms with Crippen molar-refractivity contribution in [2.75, 3.05) is 19.8 Å². The predicted molar refractivity (Wildman–Crippen MR) is 53.5 cm³/mol. The highest BCUT2D eigenvalue weighted by Crippen LogP contribution is 2.19. The summed E-state index contributed by atoms with van der Waals surface area (Å²) in [4.78, 5) is 4.04.